The van der Waals surface area contributed by atoms with E-state index >= 15 is 0 Å². The van der Waals surface area contributed by atoms with Crippen molar-refractivity contribution >= 4 is 11.7 Å². The van der Waals surface area contributed by atoms with E-state index in [2.05, 4.69) is 5.16 Å². The molecule has 7 nitrogen and oxygen atoms in total. The second-order valence-corrected chi connectivity index (χ2v) is 4.92. The molecule has 0 radical (unpaired) electrons. The Bertz CT molecular complexity index is 559. The number of nitrogens with two attached hydrogens (primary N) is 1. The Balaban J connectivity index is 2.33. The van der Waals surface area contributed by atoms with Crippen molar-refractivity contribution in [3.63, 3.8) is 0 Å². The van der Waals surface area contributed by atoms with Crippen LogP contribution in [0.2, 0.25) is 0 Å². The van der Waals surface area contributed by atoms with E-state index in [1.165, 1.54) is 24.1 Å². The van der Waals surface area contributed by atoms with E-state index in [4.69, 9.17) is 15.7 Å². The van der Waals surface area contributed by atoms with Gasteiger partial charge in [0.25, 0.3) is 5.91 Å². The quantitative estimate of drug-likeness (QED) is 0.335. The number of phenols is 1. The van der Waals surface area contributed by atoms with Gasteiger partial charge in [0.2, 0.25) is 0 Å². The van der Waals surface area contributed by atoms with Crippen LogP contribution < -0.4 is 10.5 Å². The molecule has 0 saturated carbocycles. The molecule has 114 valence electrons. The Hall–Kier alpha value is -2.44. The lowest BCUT2D eigenvalue weighted by atomic mass is 9.99. The topological polar surface area (TPSA) is 108 Å². The van der Waals surface area contributed by atoms with E-state index in [0.29, 0.717) is 18.7 Å². The molecular formula is C14H19N3O4. The van der Waals surface area contributed by atoms with Crippen molar-refractivity contribution in [2.24, 2.45) is 10.9 Å². The molecule has 4 N–H and O–H groups in total. The molecule has 0 spiro atoms. The summed E-state index contributed by atoms with van der Waals surface area (Å²) in [6, 6.07) is 4.01. The van der Waals surface area contributed by atoms with Crippen LogP contribution in [0.4, 0.5) is 0 Å². The van der Waals surface area contributed by atoms with Crippen molar-refractivity contribution in [2.75, 3.05) is 13.7 Å². The van der Waals surface area contributed by atoms with Gasteiger partial charge in [0.1, 0.15) is 11.5 Å². The van der Waals surface area contributed by atoms with Gasteiger partial charge in [-0.1, -0.05) is 5.16 Å². The van der Waals surface area contributed by atoms with E-state index in [-0.39, 0.29) is 23.1 Å². The largest absolute Gasteiger partial charge is 0.507 e. The van der Waals surface area contributed by atoms with Gasteiger partial charge in [0, 0.05) is 6.54 Å². The van der Waals surface area contributed by atoms with Crippen molar-refractivity contribution in [1.82, 2.24) is 4.90 Å². The molecule has 1 atom stereocenters. The highest BCUT2D eigenvalue weighted by atomic mass is 16.5. The van der Waals surface area contributed by atoms with Gasteiger partial charge in [-0.25, -0.2) is 0 Å². The van der Waals surface area contributed by atoms with E-state index in [9.17, 15) is 9.90 Å². The number of piperidine rings is 1. The number of rotatable bonds is 3. The molecule has 1 saturated heterocycles. The molecule has 1 heterocycles. The highest BCUT2D eigenvalue weighted by Gasteiger charge is 2.31. The Morgan fingerprint density at radius 1 is 1.48 bits per heavy atom. The van der Waals surface area contributed by atoms with Gasteiger partial charge in [-0.15, -0.1) is 0 Å². The average Bonchev–Trinajstić information content (AvgIpc) is 2.54. The number of aromatic hydroxyl groups is 1. The van der Waals surface area contributed by atoms with Crippen molar-refractivity contribution in [3.05, 3.63) is 23.8 Å². The van der Waals surface area contributed by atoms with Crippen LogP contribution >= 0.6 is 0 Å². The predicted molar refractivity (Wildman–Crippen MR) is 76.7 cm³/mol. The summed E-state index contributed by atoms with van der Waals surface area (Å²) in [6.07, 6.45) is 2.37. The minimum Gasteiger partial charge on any atom is -0.507 e. The molecule has 7 heteroatoms. The first-order valence-corrected chi connectivity index (χ1v) is 6.74. The van der Waals surface area contributed by atoms with Crippen LogP contribution in [-0.2, 0) is 0 Å². The number of hydrogen-bond acceptors (Lipinski definition) is 5. The molecule has 0 bridgehead atoms. The lowest BCUT2D eigenvalue weighted by Crippen LogP contribution is -2.50. The second-order valence-electron chi connectivity index (χ2n) is 4.92. The maximum absolute atomic E-state index is 12.6. The molecule has 2 rings (SSSR count). The summed E-state index contributed by atoms with van der Waals surface area (Å²) < 4.78 is 5.07. The Morgan fingerprint density at radius 3 is 2.90 bits per heavy atom. The maximum atomic E-state index is 12.6. The summed E-state index contributed by atoms with van der Waals surface area (Å²) in [4.78, 5) is 14.2. The lowest BCUT2D eigenvalue weighted by molar-refractivity contribution is 0.0673. The van der Waals surface area contributed by atoms with Crippen LogP contribution in [-0.4, -0.2) is 46.7 Å². The van der Waals surface area contributed by atoms with Crippen molar-refractivity contribution in [2.45, 2.75) is 25.3 Å². The smallest absolute Gasteiger partial charge is 0.258 e. The van der Waals surface area contributed by atoms with Crippen LogP contribution in [0.5, 0.6) is 11.5 Å². The number of amides is 1. The van der Waals surface area contributed by atoms with Crippen molar-refractivity contribution in [1.29, 1.82) is 0 Å². The number of phenolic OH excluding ortho intramolecular Hbond substituents is 1. The molecule has 0 aliphatic carbocycles. The molecule has 1 amide bonds. The van der Waals surface area contributed by atoms with Gasteiger partial charge in [0.05, 0.1) is 18.7 Å². The Morgan fingerprint density at radius 2 is 2.24 bits per heavy atom. The molecule has 1 fully saturated rings. The number of carbonyl (C=O) groups excluding carboxylic acids is 1. The van der Waals surface area contributed by atoms with Crippen molar-refractivity contribution in [3.8, 4) is 11.5 Å². The summed E-state index contributed by atoms with van der Waals surface area (Å²) in [6.45, 7) is 0.496. The number of oxime groups is 1. The van der Waals surface area contributed by atoms with Gasteiger partial charge < -0.3 is 25.7 Å². The summed E-state index contributed by atoms with van der Waals surface area (Å²) in [5, 5.41) is 21.8. The van der Waals surface area contributed by atoms with Gasteiger partial charge in [-0.2, -0.15) is 0 Å². The van der Waals surface area contributed by atoms with E-state index in [1.807, 2.05) is 0 Å². The number of nitrogens with zero attached hydrogens (tertiary/aromatic N) is 2. The second kappa shape index (κ2) is 6.34. The SMILES string of the molecule is COc1ccc(O)c(C(=O)N2CCCCC2C(N)=NO)c1. The number of hydrogen-bond donors (Lipinski definition) is 3. The molecule has 0 aromatic heterocycles. The zero-order valence-electron chi connectivity index (χ0n) is 11.8. The van der Waals surface area contributed by atoms with Crippen LogP contribution in [0.25, 0.3) is 0 Å². The third-order valence-electron chi connectivity index (χ3n) is 3.65. The molecule has 1 aromatic rings. The Kier molecular flexibility index (Phi) is 4.52. The minimum atomic E-state index is -0.457. The number of benzene rings is 1. The molecule has 1 aliphatic heterocycles. The van der Waals surface area contributed by atoms with Gasteiger partial charge in [-0.3, -0.25) is 4.79 Å². The fourth-order valence-corrected chi connectivity index (χ4v) is 2.52. The van der Waals surface area contributed by atoms with Gasteiger partial charge >= 0.3 is 0 Å². The lowest BCUT2D eigenvalue weighted by Gasteiger charge is -2.35. The highest BCUT2D eigenvalue weighted by molar-refractivity contribution is 6.00. The summed E-state index contributed by atoms with van der Waals surface area (Å²) >= 11 is 0. The monoisotopic (exact) mass is 293 g/mol. The average molecular weight is 293 g/mol. The first-order valence-electron chi connectivity index (χ1n) is 6.74. The molecule has 1 unspecified atom stereocenters. The van der Waals surface area contributed by atoms with Crippen LogP contribution in [0.3, 0.4) is 0 Å². The number of methoxy groups -OCH3 is 1. The minimum absolute atomic E-state index is 0.00503. The Labute approximate surface area is 122 Å². The standard InChI is InChI=1S/C14H19N3O4/c1-21-9-5-6-12(18)10(8-9)14(19)17-7-3-2-4-11(17)13(15)16-20/h5-6,8,11,18,20H,2-4,7H2,1H3,(H2,15,16). The van der Waals surface area contributed by atoms with Crippen LogP contribution in [0.1, 0.15) is 29.6 Å². The molecule has 21 heavy (non-hydrogen) atoms. The van der Waals surface area contributed by atoms with Crippen LogP contribution in [0.15, 0.2) is 23.4 Å². The maximum Gasteiger partial charge on any atom is 0.258 e. The predicted octanol–water partition coefficient (Wildman–Crippen LogP) is 1.14. The zero-order chi connectivity index (χ0) is 15.4. The van der Waals surface area contributed by atoms with E-state index in [0.717, 1.165) is 12.8 Å². The molecular weight excluding hydrogens is 274 g/mol. The third-order valence-corrected chi connectivity index (χ3v) is 3.65. The summed E-state index contributed by atoms with van der Waals surface area (Å²) in [5.74, 6) is 0.00581. The fourth-order valence-electron chi connectivity index (χ4n) is 2.52. The molecule has 1 aliphatic rings. The van der Waals surface area contributed by atoms with Gasteiger partial charge in [0.15, 0.2) is 5.84 Å². The third kappa shape index (κ3) is 3.01. The van der Waals surface area contributed by atoms with E-state index < -0.39 is 6.04 Å². The first kappa shape index (κ1) is 15.0. The number of carbonyl (C=O) groups is 1. The number of amidine groups is 1. The highest BCUT2D eigenvalue weighted by Crippen LogP contribution is 2.27. The van der Waals surface area contributed by atoms with Crippen LogP contribution in [0, 0.1) is 0 Å². The number of ether oxygens (including phenoxy) is 1. The normalized spacial score (nSPS) is 19.4. The summed E-state index contributed by atoms with van der Waals surface area (Å²) in [7, 11) is 1.49. The first-order chi connectivity index (χ1) is 10.1. The molecule has 1 aromatic carbocycles. The zero-order valence-corrected chi connectivity index (χ0v) is 11.8. The van der Waals surface area contributed by atoms with Crippen molar-refractivity contribution < 1.29 is 19.8 Å². The summed E-state index contributed by atoms with van der Waals surface area (Å²) in [5.41, 5.74) is 5.81. The fraction of sp³-hybridized carbons (Fsp3) is 0.429. The van der Waals surface area contributed by atoms with E-state index in [1.54, 1.807) is 6.07 Å². The van der Waals surface area contributed by atoms with Gasteiger partial charge in [-0.05, 0) is 37.5 Å². The number of likely N-dealkylation sites (tertiary alicyclic amines) is 1.